The molecule has 2 rings (SSSR count). The van der Waals surface area contributed by atoms with Crippen LogP contribution in [0.1, 0.15) is 45.1 Å². The number of hydrogen-bond acceptors (Lipinski definition) is 2. The number of nitrogens with two attached hydrogens (primary N) is 1. The van der Waals surface area contributed by atoms with Crippen molar-refractivity contribution in [2.45, 2.75) is 57.1 Å². The maximum atomic E-state index is 14.0. The molecule has 1 aliphatic rings. The highest BCUT2D eigenvalue weighted by molar-refractivity contribution is 6.30. The van der Waals surface area contributed by atoms with E-state index in [4.69, 9.17) is 17.3 Å². The third-order valence-corrected chi connectivity index (χ3v) is 4.65. The summed E-state index contributed by atoms with van der Waals surface area (Å²) in [6.45, 7) is 3.87. The van der Waals surface area contributed by atoms with Crippen LogP contribution in [0.3, 0.4) is 0 Å². The van der Waals surface area contributed by atoms with Crippen molar-refractivity contribution in [1.29, 1.82) is 0 Å². The van der Waals surface area contributed by atoms with Crippen LogP contribution in [-0.2, 0) is 6.42 Å². The lowest BCUT2D eigenvalue weighted by Crippen LogP contribution is -2.56. The second kappa shape index (κ2) is 6.82. The smallest absolute Gasteiger partial charge is 0.127 e. The van der Waals surface area contributed by atoms with Gasteiger partial charge in [-0.15, -0.1) is 12.4 Å². The number of rotatable bonds is 3. The topological polar surface area (TPSA) is 46.2 Å². The van der Waals surface area contributed by atoms with E-state index in [-0.39, 0.29) is 24.1 Å². The van der Waals surface area contributed by atoms with E-state index < -0.39 is 11.1 Å². The molecule has 1 aromatic rings. The normalized spacial score (nSPS) is 26.3. The van der Waals surface area contributed by atoms with Crippen molar-refractivity contribution in [3.05, 3.63) is 34.6 Å². The molecule has 0 amide bonds. The Morgan fingerprint density at radius 1 is 1.43 bits per heavy atom. The van der Waals surface area contributed by atoms with Crippen molar-refractivity contribution in [2.24, 2.45) is 11.7 Å². The molecule has 5 heteroatoms. The molecule has 0 bridgehead atoms. The van der Waals surface area contributed by atoms with E-state index in [0.29, 0.717) is 23.4 Å². The minimum absolute atomic E-state index is 0. The van der Waals surface area contributed by atoms with Gasteiger partial charge in [0.25, 0.3) is 0 Å². The molecule has 0 radical (unpaired) electrons. The fourth-order valence-electron chi connectivity index (χ4n) is 3.49. The molecule has 0 spiro atoms. The van der Waals surface area contributed by atoms with Gasteiger partial charge in [-0.05, 0) is 44.4 Å². The molecule has 1 saturated carbocycles. The second-order valence-electron chi connectivity index (χ2n) is 6.64. The maximum Gasteiger partial charge on any atom is 0.127 e. The molecule has 21 heavy (non-hydrogen) atoms. The Kier molecular flexibility index (Phi) is 6.08. The summed E-state index contributed by atoms with van der Waals surface area (Å²) in [5.41, 5.74) is 5.32. The summed E-state index contributed by atoms with van der Waals surface area (Å²) in [6, 6.07) is 4.62. The van der Waals surface area contributed by atoms with E-state index in [9.17, 15) is 9.50 Å². The molecule has 3 N–H and O–H groups in total. The minimum atomic E-state index is -0.939. The summed E-state index contributed by atoms with van der Waals surface area (Å²) in [6.07, 6.45) is 3.87. The van der Waals surface area contributed by atoms with E-state index in [2.05, 4.69) is 0 Å². The van der Waals surface area contributed by atoms with E-state index in [1.54, 1.807) is 12.1 Å². The van der Waals surface area contributed by atoms with Crippen molar-refractivity contribution in [3.8, 4) is 0 Å². The van der Waals surface area contributed by atoms with Gasteiger partial charge >= 0.3 is 0 Å². The Hall–Kier alpha value is -0.350. The van der Waals surface area contributed by atoms with E-state index in [1.807, 2.05) is 13.8 Å². The van der Waals surface area contributed by atoms with Gasteiger partial charge in [0.15, 0.2) is 0 Å². The average molecular weight is 336 g/mol. The standard InChI is InChI=1S/C16H23ClFNO.ClH/c1-15(2,19)14-5-3-4-8-16(14,20)10-11-6-7-12(17)9-13(11)18;/h6-7,9,14,20H,3-5,8,10,19H2,1-2H3;1H/t14-,16-;/m1./s1. The Bertz CT molecular complexity index is 490. The third kappa shape index (κ3) is 4.32. The molecule has 2 nitrogen and oxygen atoms in total. The zero-order valence-electron chi connectivity index (χ0n) is 12.5. The third-order valence-electron chi connectivity index (χ3n) is 4.41. The molecular formula is C16H24Cl2FNO. The van der Waals surface area contributed by atoms with Crippen LogP contribution in [0.4, 0.5) is 4.39 Å². The average Bonchev–Trinajstić information content (AvgIpc) is 2.32. The van der Waals surface area contributed by atoms with Crippen molar-refractivity contribution in [2.75, 3.05) is 0 Å². The molecule has 0 aromatic heterocycles. The van der Waals surface area contributed by atoms with Gasteiger partial charge in [-0.2, -0.15) is 0 Å². The van der Waals surface area contributed by atoms with E-state index in [1.165, 1.54) is 6.07 Å². The summed E-state index contributed by atoms with van der Waals surface area (Å²) in [4.78, 5) is 0. The predicted molar refractivity (Wildman–Crippen MR) is 87.5 cm³/mol. The molecule has 1 aliphatic carbocycles. The highest BCUT2D eigenvalue weighted by atomic mass is 35.5. The summed E-state index contributed by atoms with van der Waals surface area (Å²) in [5, 5.41) is 11.4. The zero-order valence-corrected chi connectivity index (χ0v) is 14.1. The van der Waals surface area contributed by atoms with Gasteiger partial charge in [0.05, 0.1) is 5.60 Å². The van der Waals surface area contributed by atoms with E-state index >= 15 is 0 Å². The summed E-state index contributed by atoms with van der Waals surface area (Å²) < 4.78 is 14.0. The van der Waals surface area contributed by atoms with Crippen LogP contribution in [0.5, 0.6) is 0 Å². The number of benzene rings is 1. The maximum absolute atomic E-state index is 14.0. The molecule has 1 fully saturated rings. The number of aliphatic hydroxyl groups is 1. The first-order chi connectivity index (χ1) is 9.22. The number of hydrogen-bond donors (Lipinski definition) is 2. The van der Waals surface area contributed by atoms with Crippen LogP contribution in [0.25, 0.3) is 0 Å². The van der Waals surface area contributed by atoms with E-state index in [0.717, 1.165) is 19.3 Å². The second-order valence-corrected chi connectivity index (χ2v) is 7.07. The molecular weight excluding hydrogens is 312 g/mol. The van der Waals surface area contributed by atoms with Gasteiger partial charge in [-0.3, -0.25) is 0 Å². The first-order valence-electron chi connectivity index (χ1n) is 7.17. The van der Waals surface area contributed by atoms with Crippen molar-refractivity contribution in [1.82, 2.24) is 0 Å². The highest BCUT2D eigenvalue weighted by Crippen LogP contribution is 2.41. The molecule has 2 atom stereocenters. The molecule has 0 saturated heterocycles. The van der Waals surface area contributed by atoms with Gasteiger partial charge in [0, 0.05) is 22.9 Å². The lowest BCUT2D eigenvalue weighted by Gasteiger charge is -2.46. The van der Waals surface area contributed by atoms with Crippen LogP contribution >= 0.6 is 24.0 Å². The largest absolute Gasteiger partial charge is 0.389 e. The van der Waals surface area contributed by atoms with Crippen LogP contribution in [0, 0.1) is 11.7 Å². The van der Waals surface area contributed by atoms with Gasteiger partial charge in [-0.25, -0.2) is 4.39 Å². The van der Waals surface area contributed by atoms with Crippen LogP contribution in [-0.4, -0.2) is 16.2 Å². The van der Waals surface area contributed by atoms with Crippen LogP contribution < -0.4 is 5.73 Å². The van der Waals surface area contributed by atoms with Gasteiger partial charge in [0.1, 0.15) is 5.82 Å². The highest BCUT2D eigenvalue weighted by Gasteiger charge is 2.45. The Morgan fingerprint density at radius 2 is 2.10 bits per heavy atom. The van der Waals surface area contributed by atoms with Crippen molar-refractivity contribution >= 4 is 24.0 Å². The summed E-state index contributed by atoms with van der Waals surface area (Å²) in [5.74, 6) is -0.385. The van der Waals surface area contributed by atoms with Gasteiger partial charge in [0.2, 0.25) is 0 Å². The minimum Gasteiger partial charge on any atom is -0.389 e. The fraction of sp³-hybridized carbons (Fsp3) is 0.625. The SMILES string of the molecule is CC(C)(N)[C@H]1CCCC[C@@]1(O)Cc1ccc(Cl)cc1F.Cl. The first-order valence-corrected chi connectivity index (χ1v) is 7.55. The molecule has 0 heterocycles. The summed E-state index contributed by atoms with van der Waals surface area (Å²) >= 11 is 5.77. The zero-order chi connectivity index (χ0) is 15.0. The predicted octanol–water partition coefficient (Wildman–Crippen LogP) is 4.10. The monoisotopic (exact) mass is 335 g/mol. The quantitative estimate of drug-likeness (QED) is 0.873. The molecule has 1 aromatic carbocycles. The molecule has 0 aliphatic heterocycles. The first kappa shape index (κ1) is 18.7. The molecule has 0 unspecified atom stereocenters. The lowest BCUT2D eigenvalue weighted by atomic mass is 9.65. The Morgan fingerprint density at radius 3 is 2.67 bits per heavy atom. The fourth-order valence-corrected chi connectivity index (χ4v) is 3.65. The lowest BCUT2D eigenvalue weighted by molar-refractivity contribution is -0.0721. The van der Waals surface area contributed by atoms with Crippen molar-refractivity contribution < 1.29 is 9.50 Å². The van der Waals surface area contributed by atoms with Crippen LogP contribution in [0.15, 0.2) is 18.2 Å². The van der Waals surface area contributed by atoms with Gasteiger partial charge in [-0.1, -0.05) is 30.5 Å². The molecule has 120 valence electrons. The number of halogens is 3. The Balaban J connectivity index is 0.00000220. The van der Waals surface area contributed by atoms with Gasteiger partial charge < -0.3 is 10.8 Å². The van der Waals surface area contributed by atoms with Crippen LogP contribution in [0.2, 0.25) is 5.02 Å². The Labute approximate surface area is 137 Å². The van der Waals surface area contributed by atoms with Crippen molar-refractivity contribution in [3.63, 3.8) is 0 Å². The summed E-state index contributed by atoms with van der Waals surface area (Å²) in [7, 11) is 0.